The van der Waals surface area contributed by atoms with Crippen LogP contribution in [-0.2, 0) is 11.2 Å². The number of nitrogens with zero attached hydrogens (tertiary/aromatic N) is 3. The third-order valence-electron chi connectivity index (χ3n) is 4.93. The second-order valence-corrected chi connectivity index (χ2v) is 6.53. The van der Waals surface area contributed by atoms with Crippen molar-refractivity contribution in [3.63, 3.8) is 0 Å². The Hall–Kier alpha value is -1.99. The molecule has 3 rings (SSSR count). The van der Waals surface area contributed by atoms with Gasteiger partial charge in [-0.3, -0.25) is 4.79 Å². The third kappa shape index (κ3) is 3.88. The van der Waals surface area contributed by atoms with Gasteiger partial charge in [0.15, 0.2) is 0 Å². The first-order valence-corrected chi connectivity index (χ1v) is 8.29. The van der Waals surface area contributed by atoms with Crippen molar-refractivity contribution in [2.45, 2.75) is 38.8 Å². The molecule has 2 heterocycles. The molecule has 1 aliphatic rings. The number of amides is 1. The molecule has 0 radical (unpaired) electrons. The predicted molar refractivity (Wildman–Crippen MR) is 97.6 cm³/mol. The van der Waals surface area contributed by atoms with Crippen LogP contribution in [0.15, 0.2) is 30.3 Å². The van der Waals surface area contributed by atoms with Crippen LogP contribution in [0.5, 0.6) is 0 Å². The monoisotopic (exact) mass is 384 g/mol. The molecule has 2 N–H and O–H groups in total. The Morgan fingerprint density at radius 3 is 2.50 bits per heavy atom. The predicted octanol–water partition coefficient (Wildman–Crippen LogP) is 2.81. The molecule has 1 aromatic heterocycles. The van der Waals surface area contributed by atoms with Crippen LogP contribution in [0.25, 0.3) is 0 Å². The van der Waals surface area contributed by atoms with Crippen LogP contribution in [0.3, 0.4) is 0 Å². The summed E-state index contributed by atoms with van der Waals surface area (Å²) in [5.74, 6) is -0.00923. The molecular weight excluding hydrogens is 362 g/mol. The number of halogens is 3. The smallest absolute Gasteiger partial charge is 0.333 e. The number of rotatable bonds is 4. The fourth-order valence-corrected chi connectivity index (χ4v) is 3.49. The average molecular weight is 385 g/mol. The zero-order chi connectivity index (χ0) is 18.1. The molecule has 1 saturated heterocycles. The fourth-order valence-electron chi connectivity index (χ4n) is 3.49. The summed E-state index contributed by atoms with van der Waals surface area (Å²) in [6.07, 6.45) is 0.0681. The molecule has 1 amide bonds. The SMILES string of the molecule is Cc1nn(C(F)F)c(C)c1CC(=O)N1C[C@@H](N)[C@H](c2ccccc2)C1.Cl. The lowest BCUT2D eigenvalue weighted by molar-refractivity contribution is -0.129. The number of benzene rings is 1. The van der Waals surface area contributed by atoms with E-state index in [1.165, 1.54) is 0 Å². The van der Waals surface area contributed by atoms with E-state index in [1.807, 2.05) is 30.3 Å². The number of aryl methyl sites for hydroxylation is 1. The summed E-state index contributed by atoms with van der Waals surface area (Å²) in [6.45, 7) is 1.53. The van der Waals surface area contributed by atoms with Crippen molar-refractivity contribution in [3.05, 3.63) is 52.8 Å². The van der Waals surface area contributed by atoms with Gasteiger partial charge in [0.2, 0.25) is 5.91 Å². The van der Waals surface area contributed by atoms with Crippen LogP contribution >= 0.6 is 12.4 Å². The third-order valence-corrected chi connectivity index (χ3v) is 4.93. The van der Waals surface area contributed by atoms with Crippen LogP contribution in [0.2, 0.25) is 0 Å². The van der Waals surface area contributed by atoms with Gasteiger partial charge in [0.05, 0.1) is 12.1 Å². The summed E-state index contributed by atoms with van der Waals surface area (Å²) in [5, 5.41) is 3.84. The summed E-state index contributed by atoms with van der Waals surface area (Å²) in [4.78, 5) is 14.4. The first-order chi connectivity index (χ1) is 11.9. The Balaban J connectivity index is 0.00000243. The summed E-state index contributed by atoms with van der Waals surface area (Å²) < 4.78 is 26.5. The molecular formula is C18H23ClF2N4O. The molecule has 142 valence electrons. The highest BCUT2D eigenvalue weighted by atomic mass is 35.5. The Morgan fingerprint density at radius 1 is 1.27 bits per heavy atom. The molecule has 0 unspecified atom stereocenters. The summed E-state index contributed by atoms with van der Waals surface area (Å²) in [7, 11) is 0. The van der Waals surface area contributed by atoms with Gasteiger partial charge in [-0.15, -0.1) is 12.4 Å². The van der Waals surface area contributed by atoms with Gasteiger partial charge in [0.25, 0.3) is 0 Å². The van der Waals surface area contributed by atoms with E-state index < -0.39 is 6.55 Å². The molecule has 5 nitrogen and oxygen atoms in total. The number of aromatic nitrogens is 2. The minimum Gasteiger partial charge on any atom is -0.340 e. The van der Waals surface area contributed by atoms with Crippen molar-refractivity contribution >= 4 is 18.3 Å². The first-order valence-electron chi connectivity index (χ1n) is 8.29. The normalized spacial score (nSPS) is 19.7. The summed E-state index contributed by atoms with van der Waals surface area (Å²) >= 11 is 0. The van der Waals surface area contributed by atoms with E-state index in [0.29, 0.717) is 34.7 Å². The number of alkyl halides is 2. The lowest BCUT2D eigenvalue weighted by Crippen LogP contribution is -2.33. The molecule has 26 heavy (non-hydrogen) atoms. The zero-order valence-electron chi connectivity index (χ0n) is 14.7. The van der Waals surface area contributed by atoms with Crippen LogP contribution in [0.4, 0.5) is 8.78 Å². The van der Waals surface area contributed by atoms with Crippen molar-refractivity contribution < 1.29 is 13.6 Å². The lowest BCUT2D eigenvalue weighted by Gasteiger charge is -2.17. The van der Waals surface area contributed by atoms with Crippen molar-refractivity contribution in [1.82, 2.24) is 14.7 Å². The van der Waals surface area contributed by atoms with Gasteiger partial charge in [-0.1, -0.05) is 30.3 Å². The number of hydrogen-bond acceptors (Lipinski definition) is 3. The second-order valence-electron chi connectivity index (χ2n) is 6.53. The maximum atomic E-state index is 12.9. The number of nitrogens with two attached hydrogens (primary N) is 1. The number of carbonyl (C=O) groups excluding carboxylic acids is 1. The van der Waals surface area contributed by atoms with Crippen molar-refractivity contribution in [2.75, 3.05) is 13.1 Å². The zero-order valence-corrected chi connectivity index (χ0v) is 15.5. The minimum absolute atomic E-state index is 0. The van der Waals surface area contributed by atoms with Crippen molar-refractivity contribution in [2.24, 2.45) is 5.73 Å². The maximum Gasteiger partial charge on any atom is 0.333 e. The second kappa shape index (κ2) is 8.14. The van der Waals surface area contributed by atoms with Gasteiger partial charge in [0, 0.05) is 36.3 Å². The number of carbonyl (C=O) groups is 1. The standard InChI is InChI=1S/C18H22F2N4O.ClH/c1-11-14(12(2)24(22-11)18(19)20)8-17(25)23-9-15(16(21)10-23)13-6-4-3-5-7-13;/h3-7,15-16,18H,8-10,21H2,1-2H3;1H/t15-,16+;/m0./s1. The molecule has 1 fully saturated rings. The fraction of sp³-hybridized carbons (Fsp3) is 0.444. The molecule has 0 bridgehead atoms. The topological polar surface area (TPSA) is 64.2 Å². The van der Waals surface area contributed by atoms with Crippen LogP contribution < -0.4 is 5.73 Å². The summed E-state index contributed by atoms with van der Waals surface area (Å²) in [5.41, 5.74) is 8.72. The first kappa shape index (κ1) is 20.3. The van der Waals surface area contributed by atoms with Gasteiger partial charge < -0.3 is 10.6 Å². The quantitative estimate of drug-likeness (QED) is 0.881. The van der Waals surface area contributed by atoms with Crippen LogP contribution in [-0.4, -0.2) is 39.7 Å². The van der Waals surface area contributed by atoms with E-state index in [1.54, 1.807) is 18.7 Å². The van der Waals surface area contributed by atoms with E-state index in [9.17, 15) is 13.6 Å². The molecule has 8 heteroatoms. The molecule has 2 aromatic rings. The number of likely N-dealkylation sites (tertiary alicyclic amines) is 1. The molecule has 1 aromatic carbocycles. The molecule has 0 spiro atoms. The highest BCUT2D eigenvalue weighted by molar-refractivity contribution is 5.85. The van der Waals surface area contributed by atoms with Crippen molar-refractivity contribution in [1.29, 1.82) is 0 Å². The van der Waals surface area contributed by atoms with Crippen LogP contribution in [0, 0.1) is 13.8 Å². The van der Waals surface area contributed by atoms with E-state index in [-0.39, 0.29) is 36.7 Å². The van der Waals surface area contributed by atoms with Crippen LogP contribution in [0.1, 0.15) is 35.0 Å². The van der Waals surface area contributed by atoms with Gasteiger partial charge >= 0.3 is 6.55 Å². The maximum absolute atomic E-state index is 12.9. The highest BCUT2D eigenvalue weighted by Gasteiger charge is 2.34. The Morgan fingerprint density at radius 2 is 1.92 bits per heavy atom. The van der Waals surface area contributed by atoms with Crippen molar-refractivity contribution in [3.8, 4) is 0 Å². The number of hydrogen-bond donors (Lipinski definition) is 1. The van der Waals surface area contributed by atoms with Gasteiger partial charge in [-0.2, -0.15) is 13.9 Å². The Bertz CT molecular complexity index is 766. The van der Waals surface area contributed by atoms with Gasteiger partial charge in [-0.05, 0) is 19.4 Å². The van der Waals surface area contributed by atoms with E-state index in [4.69, 9.17) is 5.73 Å². The van der Waals surface area contributed by atoms with Gasteiger partial charge in [-0.25, -0.2) is 4.68 Å². The largest absolute Gasteiger partial charge is 0.340 e. The van der Waals surface area contributed by atoms with E-state index >= 15 is 0 Å². The highest BCUT2D eigenvalue weighted by Crippen LogP contribution is 2.27. The lowest BCUT2D eigenvalue weighted by atomic mass is 9.95. The van der Waals surface area contributed by atoms with Gasteiger partial charge in [0.1, 0.15) is 0 Å². The molecule has 0 aliphatic carbocycles. The minimum atomic E-state index is -2.70. The average Bonchev–Trinajstić information content (AvgIpc) is 3.10. The van der Waals surface area contributed by atoms with E-state index in [2.05, 4.69) is 5.10 Å². The Labute approximate surface area is 157 Å². The summed E-state index contributed by atoms with van der Waals surface area (Å²) in [6, 6.07) is 9.76. The molecule has 1 aliphatic heterocycles. The molecule has 2 atom stereocenters. The Kier molecular flexibility index (Phi) is 6.36. The molecule has 0 saturated carbocycles. The van der Waals surface area contributed by atoms with E-state index in [0.717, 1.165) is 5.56 Å².